The van der Waals surface area contributed by atoms with Crippen LogP contribution in [0.3, 0.4) is 0 Å². The Morgan fingerprint density at radius 1 is 1.16 bits per heavy atom. The summed E-state index contributed by atoms with van der Waals surface area (Å²) >= 11 is 12.0. The largest absolute Gasteiger partial charge is 0.322 e. The van der Waals surface area contributed by atoms with Gasteiger partial charge in [0.05, 0.1) is 10.6 Å². The molecule has 0 aromatic heterocycles. The molecule has 0 fully saturated rings. The van der Waals surface area contributed by atoms with E-state index in [2.05, 4.69) is 5.32 Å². The molecule has 4 nitrogen and oxygen atoms in total. The number of halogens is 2. The van der Waals surface area contributed by atoms with Gasteiger partial charge in [0.2, 0.25) is 5.91 Å². The second-order valence-electron chi connectivity index (χ2n) is 5.92. The highest BCUT2D eigenvalue weighted by molar-refractivity contribution is 6.36. The van der Waals surface area contributed by atoms with Crippen LogP contribution in [-0.4, -0.2) is 18.4 Å². The lowest BCUT2D eigenvalue weighted by molar-refractivity contribution is -0.118. The van der Waals surface area contributed by atoms with Crippen molar-refractivity contribution in [1.82, 2.24) is 0 Å². The number of benzene rings is 2. The van der Waals surface area contributed by atoms with Crippen LogP contribution in [0.5, 0.6) is 0 Å². The number of rotatable bonds is 3. The summed E-state index contributed by atoms with van der Waals surface area (Å²) in [5.41, 5.74) is 2.92. The Hall–Kier alpha value is -2.04. The third kappa shape index (κ3) is 3.80. The van der Waals surface area contributed by atoms with Crippen molar-refractivity contribution in [3.05, 3.63) is 57.6 Å². The first kappa shape index (κ1) is 17.8. The maximum atomic E-state index is 12.5. The molecule has 0 atom stereocenters. The summed E-state index contributed by atoms with van der Waals surface area (Å²) in [5.74, 6) is -0.251. The van der Waals surface area contributed by atoms with Gasteiger partial charge in [0.25, 0.3) is 5.91 Å². The highest BCUT2D eigenvalue weighted by Crippen LogP contribution is 2.31. The van der Waals surface area contributed by atoms with E-state index in [9.17, 15) is 9.59 Å². The molecule has 0 aliphatic carbocycles. The quantitative estimate of drug-likeness (QED) is 0.824. The zero-order valence-electron chi connectivity index (χ0n) is 13.8. The van der Waals surface area contributed by atoms with Crippen molar-refractivity contribution < 1.29 is 9.59 Å². The van der Waals surface area contributed by atoms with Crippen LogP contribution < -0.4 is 10.2 Å². The third-order valence-electron chi connectivity index (χ3n) is 4.24. The molecule has 1 aliphatic heterocycles. The molecule has 2 amide bonds. The molecule has 0 spiro atoms. The van der Waals surface area contributed by atoms with Crippen molar-refractivity contribution in [2.24, 2.45) is 0 Å². The summed E-state index contributed by atoms with van der Waals surface area (Å²) in [5, 5.41) is 3.61. The number of hydrogen-bond acceptors (Lipinski definition) is 2. The van der Waals surface area contributed by atoms with E-state index in [1.54, 1.807) is 17.0 Å². The van der Waals surface area contributed by atoms with Crippen molar-refractivity contribution in [3.63, 3.8) is 0 Å². The summed E-state index contributed by atoms with van der Waals surface area (Å²) in [6.07, 6.45) is 2.33. The number of carbonyl (C=O) groups is 2. The zero-order valence-corrected chi connectivity index (χ0v) is 15.3. The molecule has 25 heavy (non-hydrogen) atoms. The standard InChI is InChI=1S/C19H18Cl2N2O2/c1-2-18(24)23-9-3-4-12-5-7-14(11-17(12)23)22-19(25)15-10-13(20)6-8-16(15)21/h5-8,10-11H,2-4,9H2,1H3,(H,22,25). The number of carbonyl (C=O) groups excluding carboxylic acids is 2. The van der Waals surface area contributed by atoms with Gasteiger partial charge in [0, 0.05) is 29.4 Å². The number of nitrogens with zero attached hydrogens (tertiary/aromatic N) is 1. The van der Waals surface area contributed by atoms with E-state index in [0.717, 1.165) is 24.1 Å². The second-order valence-corrected chi connectivity index (χ2v) is 6.77. The van der Waals surface area contributed by atoms with E-state index in [4.69, 9.17) is 23.2 Å². The van der Waals surface area contributed by atoms with Crippen LogP contribution in [0.4, 0.5) is 11.4 Å². The number of hydrogen-bond donors (Lipinski definition) is 1. The molecule has 130 valence electrons. The van der Waals surface area contributed by atoms with Gasteiger partial charge in [0.15, 0.2) is 0 Å². The number of fused-ring (bicyclic) bond motifs is 1. The maximum Gasteiger partial charge on any atom is 0.257 e. The minimum atomic E-state index is -0.336. The van der Waals surface area contributed by atoms with Gasteiger partial charge in [-0.3, -0.25) is 9.59 Å². The maximum absolute atomic E-state index is 12.5. The Balaban J connectivity index is 1.88. The summed E-state index contributed by atoms with van der Waals surface area (Å²) in [6.45, 7) is 2.56. The molecule has 3 rings (SSSR count). The topological polar surface area (TPSA) is 49.4 Å². The highest BCUT2D eigenvalue weighted by atomic mass is 35.5. The van der Waals surface area contributed by atoms with Gasteiger partial charge < -0.3 is 10.2 Å². The summed E-state index contributed by atoms with van der Waals surface area (Å²) in [6, 6.07) is 10.4. The molecule has 1 heterocycles. The predicted molar refractivity (Wildman–Crippen MR) is 102 cm³/mol. The molecule has 1 N–H and O–H groups in total. The van der Waals surface area contributed by atoms with E-state index < -0.39 is 0 Å². The average molecular weight is 377 g/mol. The van der Waals surface area contributed by atoms with Crippen molar-refractivity contribution in [2.45, 2.75) is 26.2 Å². The van der Waals surface area contributed by atoms with Gasteiger partial charge >= 0.3 is 0 Å². The second kappa shape index (κ2) is 7.46. The smallest absolute Gasteiger partial charge is 0.257 e. The van der Waals surface area contributed by atoms with Crippen LogP contribution in [0.1, 0.15) is 35.7 Å². The van der Waals surface area contributed by atoms with Crippen molar-refractivity contribution in [1.29, 1.82) is 0 Å². The first-order chi connectivity index (χ1) is 12.0. The van der Waals surface area contributed by atoms with Crippen LogP contribution in [0.2, 0.25) is 10.0 Å². The van der Waals surface area contributed by atoms with E-state index in [-0.39, 0.29) is 11.8 Å². The predicted octanol–water partition coefficient (Wildman–Crippen LogP) is 4.93. The fourth-order valence-corrected chi connectivity index (χ4v) is 3.35. The monoisotopic (exact) mass is 376 g/mol. The normalized spacial score (nSPS) is 13.3. The van der Waals surface area contributed by atoms with Crippen LogP contribution in [0.25, 0.3) is 0 Å². The molecule has 0 saturated carbocycles. The Bertz CT molecular complexity index is 836. The van der Waals surface area contributed by atoms with E-state index in [1.807, 2.05) is 25.1 Å². The molecule has 6 heteroatoms. The Morgan fingerprint density at radius 3 is 2.72 bits per heavy atom. The fourth-order valence-electron chi connectivity index (χ4n) is 2.97. The van der Waals surface area contributed by atoms with Crippen molar-refractivity contribution in [3.8, 4) is 0 Å². The Kier molecular flexibility index (Phi) is 5.30. The molecule has 0 unspecified atom stereocenters. The van der Waals surface area contributed by atoms with E-state index >= 15 is 0 Å². The van der Waals surface area contributed by atoms with Gasteiger partial charge in [-0.05, 0) is 48.7 Å². The molecule has 1 aliphatic rings. The lowest BCUT2D eigenvalue weighted by Crippen LogP contribution is -2.35. The minimum Gasteiger partial charge on any atom is -0.322 e. The molecule has 2 aromatic rings. The van der Waals surface area contributed by atoms with E-state index in [1.165, 1.54) is 6.07 Å². The van der Waals surface area contributed by atoms with Gasteiger partial charge in [-0.1, -0.05) is 36.2 Å². The van der Waals surface area contributed by atoms with Crippen LogP contribution >= 0.6 is 23.2 Å². The van der Waals surface area contributed by atoms with Gasteiger partial charge in [-0.2, -0.15) is 0 Å². The third-order valence-corrected chi connectivity index (χ3v) is 4.80. The summed E-state index contributed by atoms with van der Waals surface area (Å²) in [4.78, 5) is 26.5. The highest BCUT2D eigenvalue weighted by Gasteiger charge is 2.22. The lowest BCUT2D eigenvalue weighted by atomic mass is 10.0. The first-order valence-electron chi connectivity index (χ1n) is 8.19. The summed E-state index contributed by atoms with van der Waals surface area (Å²) < 4.78 is 0. The molecule has 0 radical (unpaired) electrons. The van der Waals surface area contributed by atoms with E-state index in [0.29, 0.717) is 34.3 Å². The average Bonchev–Trinajstić information content (AvgIpc) is 2.62. The SMILES string of the molecule is CCC(=O)N1CCCc2ccc(NC(=O)c3cc(Cl)ccc3Cl)cc21. The van der Waals surface area contributed by atoms with Gasteiger partial charge in [0.1, 0.15) is 0 Å². The van der Waals surface area contributed by atoms with Crippen LogP contribution in [0.15, 0.2) is 36.4 Å². The lowest BCUT2D eigenvalue weighted by Gasteiger charge is -2.29. The van der Waals surface area contributed by atoms with Gasteiger partial charge in [-0.15, -0.1) is 0 Å². The summed E-state index contributed by atoms with van der Waals surface area (Å²) in [7, 11) is 0. The molecule has 0 saturated heterocycles. The Labute approximate surface area is 156 Å². The first-order valence-corrected chi connectivity index (χ1v) is 8.95. The Morgan fingerprint density at radius 2 is 1.96 bits per heavy atom. The van der Waals surface area contributed by atoms with Crippen molar-refractivity contribution >= 4 is 46.4 Å². The number of amides is 2. The van der Waals surface area contributed by atoms with Crippen molar-refractivity contribution in [2.75, 3.05) is 16.8 Å². The fraction of sp³-hybridized carbons (Fsp3) is 0.263. The molecule has 2 aromatic carbocycles. The minimum absolute atomic E-state index is 0.0855. The number of aryl methyl sites for hydroxylation is 1. The van der Waals surface area contributed by atoms with Crippen LogP contribution in [-0.2, 0) is 11.2 Å². The molecular formula is C19H18Cl2N2O2. The number of anilines is 2. The number of nitrogens with one attached hydrogen (secondary N) is 1. The van der Waals surface area contributed by atoms with Crippen LogP contribution in [0, 0.1) is 0 Å². The zero-order chi connectivity index (χ0) is 18.0. The molecular weight excluding hydrogens is 359 g/mol. The molecule has 0 bridgehead atoms. The van der Waals surface area contributed by atoms with Gasteiger partial charge in [-0.25, -0.2) is 0 Å².